The minimum Gasteiger partial charge on any atom is -0.383 e. The van der Waals surface area contributed by atoms with Crippen LogP contribution in [0.4, 0.5) is 11.5 Å². The highest BCUT2D eigenvalue weighted by Gasteiger charge is 2.17. The van der Waals surface area contributed by atoms with Crippen LogP contribution in [0.3, 0.4) is 0 Å². The molecule has 1 aromatic carbocycles. The average molecular weight is 331 g/mol. The Morgan fingerprint density at radius 2 is 2.04 bits per heavy atom. The summed E-state index contributed by atoms with van der Waals surface area (Å²) < 4.78 is 5.38. The lowest BCUT2D eigenvalue weighted by Gasteiger charge is -2.29. The fourth-order valence-corrected chi connectivity index (χ4v) is 3.11. The Bertz CT molecular complexity index is 858. The van der Waals surface area contributed by atoms with Crippen LogP contribution in [0, 0.1) is 0 Å². The lowest BCUT2D eigenvalue weighted by molar-refractivity contribution is 0.122. The van der Waals surface area contributed by atoms with Crippen molar-refractivity contribution in [1.82, 2.24) is 20.2 Å². The Hall–Kier alpha value is -2.38. The van der Waals surface area contributed by atoms with Gasteiger partial charge in [-0.2, -0.15) is 5.10 Å². The van der Waals surface area contributed by atoms with Crippen LogP contribution in [0.1, 0.15) is 0 Å². The zero-order valence-corrected chi connectivity index (χ0v) is 13.0. The number of benzene rings is 1. The molecule has 1 saturated heterocycles. The summed E-state index contributed by atoms with van der Waals surface area (Å²) in [6.45, 7) is 3.11. The fraction of sp³-hybridized carbons (Fsp3) is 0.267. The van der Waals surface area contributed by atoms with Gasteiger partial charge in [0.15, 0.2) is 5.65 Å². The molecule has 0 saturated carbocycles. The van der Waals surface area contributed by atoms with Crippen molar-refractivity contribution >= 4 is 34.1 Å². The van der Waals surface area contributed by atoms with E-state index in [9.17, 15) is 0 Å². The van der Waals surface area contributed by atoms with Gasteiger partial charge in [-0.3, -0.25) is 5.10 Å². The van der Waals surface area contributed by atoms with Crippen LogP contribution < -0.4 is 10.6 Å². The van der Waals surface area contributed by atoms with E-state index in [2.05, 4.69) is 25.1 Å². The maximum absolute atomic E-state index is 6.49. The monoisotopic (exact) mass is 330 g/mol. The van der Waals surface area contributed by atoms with Crippen molar-refractivity contribution in [2.45, 2.75) is 0 Å². The number of H-pyrrole nitrogens is 1. The molecule has 4 rings (SSSR count). The molecule has 23 heavy (non-hydrogen) atoms. The number of morpholine rings is 1. The summed E-state index contributed by atoms with van der Waals surface area (Å²) in [7, 11) is 0. The lowest BCUT2D eigenvalue weighted by atomic mass is 10.1. The topological polar surface area (TPSA) is 93.0 Å². The molecule has 0 aliphatic carbocycles. The number of hydrogen-bond acceptors (Lipinski definition) is 6. The Kier molecular flexibility index (Phi) is 3.51. The molecule has 1 aliphatic heterocycles. The van der Waals surface area contributed by atoms with Gasteiger partial charge in [0.2, 0.25) is 0 Å². The zero-order valence-electron chi connectivity index (χ0n) is 12.3. The second-order valence-corrected chi connectivity index (χ2v) is 5.73. The molecule has 0 bridgehead atoms. The van der Waals surface area contributed by atoms with Crippen LogP contribution in [0.2, 0.25) is 5.02 Å². The third kappa shape index (κ3) is 2.47. The molecular formula is C15H15ClN6O. The molecule has 0 amide bonds. The van der Waals surface area contributed by atoms with E-state index in [1.165, 1.54) is 6.33 Å². The first kappa shape index (κ1) is 14.2. The predicted octanol–water partition coefficient (Wildman–Crippen LogP) is 2.09. The van der Waals surface area contributed by atoms with E-state index in [1.54, 1.807) is 0 Å². The van der Waals surface area contributed by atoms with Crippen LogP contribution in [0.15, 0.2) is 24.5 Å². The number of anilines is 2. The maximum Gasteiger partial charge on any atom is 0.161 e. The molecule has 2 aromatic heterocycles. The van der Waals surface area contributed by atoms with E-state index in [0.29, 0.717) is 27.6 Å². The van der Waals surface area contributed by atoms with Gasteiger partial charge in [0.1, 0.15) is 17.8 Å². The van der Waals surface area contributed by atoms with Gasteiger partial charge >= 0.3 is 0 Å². The highest BCUT2D eigenvalue weighted by Crippen LogP contribution is 2.34. The van der Waals surface area contributed by atoms with Crippen molar-refractivity contribution < 1.29 is 4.74 Å². The first-order valence-electron chi connectivity index (χ1n) is 7.31. The third-order valence-corrected chi connectivity index (χ3v) is 4.26. The molecule has 3 heterocycles. The Balaban J connectivity index is 1.76. The molecule has 3 aromatic rings. The summed E-state index contributed by atoms with van der Waals surface area (Å²) >= 11 is 6.49. The van der Waals surface area contributed by atoms with Crippen molar-refractivity contribution in [2.75, 3.05) is 36.9 Å². The van der Waals surface area contributed by atoms with Gasteiger partial charge in [0, 0.05) is 18.7 Å². The SMILES string of the molecule is Nc1ncnc2[nH]nc(-c3ccc(N4CCOCC4)c(Cl)c3)c12. The van der Waals surface area contributed by atoms with Crippen molar-refractivity contribution in [2.24, 2.45) is 0 Å². The van der Waals surface area contributed by atoms with Crippen LogP contribution in [-0.4, -0.2) is 46.5 Å². The van der Waals surface area contributed by atoms with Crippen molar-refractivity contribution in [3.05, 3.63) is 29.5 Å². The lowest BCUT2D eigenvalue weighted by Crippen LogP contribution is -2.36. The molecule has 118 valence electrons. The molecule has 7 nitrogen and oxygen atoms in total. The molecule has 0 unspecified atom stereocenters. The number of rotatable bonds is 2. The maximum atomic E-state index is 6.49. The summed E-state index contributed by atoms with van der Waals surface area (Å²) in [5.41, 5.74) is 9.15. The fourth-order valence-electron chi connectivity index (χ4n) is 2.81. The van der Waals surface area contributed by atoms with Gasteiger partial charge in [0.25, 0.3) is 0 Å². The average Bonchev–Trinajstić information content (AvgIpc) is 3.01. The van der Waals surface area contributed by atoms with E-state index >= 15 is 0 Å². The summed E-state index contributed by atoms with van der Waals surface area (Å²) in [6, 6.07) is 5.89. The number of halogens is 1. The smallest absolute Gasteiger partial charge is 0.161 e. The molecular weight excluding hydrogens is 316 g/mol. The highest BCUT2D eigenvalue weighted by molar-refractivity contribution is 6.33. The van der Waals surface area contributed by atoms with Crippen LogP contribution >= 0.6 is 11.6 Å². The summed E-state index contributed by atoms with van der Waals surface area (Å²) in [5, 5.41) is 8.57. The molecule has 0 atom stereocenters. The number of ether oxygens (including phenoxy) is 1. The molecule has 0 radical (unpaired) electrons. The Morgan fingerprint density at radius 3 is 2.83 bits per heavy atom. The number of hydrogen-bond donors (Lipinski definition) is 2. The zero-order chi connectivity index (χ0) is 15.8. The second-order valence-electron chi connectivity index (χ2n) is 5.32. The summed E-state index contributed by atoms with van der Waals surface area (Å²) in [4.78, 5) is 10.4. The summed E-state index contributed by atoms with van der Waals surface area (Å²) in [6.07, 6.45) is 1.41. The van der Waals surface area contributed by atoms with E-state index in [0.717, 1.165) is 37.6 Å². The van der Waals surface area contributed by atoms with Gasteiger partial charge < -0.3 is 15.4 Å². The van der Waals surface area contributed by atoms with Crippen molar-refractivity contribution in [3.63, 3.8) is 0 Å². The minimum absolute atomic E-state index is 0.395. The number of nitrogens with two attached hydrogens (primary N) is 1. The first-order valence-corrected chi connectivity index (χ1v) is 7.69. The minimum atomic E-state index is 0.395. The van der Waals surface area contributed by atoms with Crippen LogP contribution in [0.25, 0.3) is 22.3 Å². The number of fused-ring (bicyclic) bond motifs is 1. The normalized spacial score (nSPS) is 15.3. The largest absolute Gasteiger partial charge is 0.383 e. The quantitative estimate of drug-likeness (QED) is 0.747. The first-order chi connectivity index (χ1) is 11.2. The number of nitrogens with zero attached hydrogens (tertiary/aromatic N) is 4. The van der Waals surface area contributed by atoms with Crippen LogP contribution in [-0.2, 0) is 4.74 Å². The van der Waals surface area contributed by atoms with E-state index in [4.69, 9.17) is 22.1 Å². The van der Waals surface area contributed by atoms with Gasteiger partial charge in [0.05, 0.1) is 29.3 Å². The van der Waals surface area contributed by atoms with E-state index < -0.39 is 0 Å². The van der Waals surface area contributed by atoms with E-state index in [1.807, 2.05) is 18.2 Å². The third-order valence-electron chi connectivity index (χ3n) is 3.96. The van der Waals surface area contributed by atoms with Crippen LogP contribution in [0.5, 0.6) is 0 Å². The molecule has 3 N–H and O–H groups in total. The molecule has 1 fully saturated rings. The molecule has 8 heteroatoms. The molecule has 1 aliphatic rings. The standard InChI is InChI=1S/C15H15ClN6O/c16-10-7-9(1-2-11(10)22-3-5-23-6-4-22)13-12-14(17)18-8-19-15(12)21-20-13/h1-2,7-8H,3-6H2,(H3,17,18,19,20,21). The number of aromatic amines is 1. The number of aromatic nitrogens is 4. The van der Waals surface area contributed by atoms with Gasteiger partial charge in [-0.1, -0.05) is 17.7 Å². The Morgan fingerprint density at radius 1 is 1.22 bits per heavy atom. The summed E-state index contributed by atoms with van der Waals surface area (Å²) in [5.74, 6) is 0.395. The van der Waals surface area contributed by atoms with Crippen molar-refractivity contribution in [1.29, 1.82) is 0 Å². The highest BCUT2D eigenvalue weighted by atomic mass is 35.5. The van der Waals surface area contributed by atoms with Crippen molar-refractivity contribution in [3.8, 4) is 11.3 Å². The molecule has 0 spiro atoms. The number of nitrogen functional groups attached to an aromatic ring is 1. The van der Waals surface area contributed by atoms with Gasteiger partial charge in [-0.25, -0.2) is 9.97 Å². The Labute approximate surface area is 137 Å². The van der Waals surface area contributed by atoms with E-state index in [-0.39, 0.29) is 0 Å². The second kappa shape index (κ2) is 5.68. The number of nitrogens with one attached hydrogen (secondary N) is 1. The van der Waals surface area contributed by atoms with Gasteiger partial charge in [-0.05, 0) is 12.1 Å². The predicted molar refractivity (Wildman–Crippen MR) is 89.6 cm³/mol. The van der Waals surface area contributed by atoms with Gasteiger partial charge in [-0.15, -0.1) is 0 Å².